The smallest absolute Gasteiger partial charge is 0.258 e. The molecular weight excluding hydrogens is 432 g/mol. The van der Waals surface area contributed by atoms with Crippen LogP contribution in [0.4, 0.5) is 5.69 Å². The van der Waals surface area contributed by atoms with Crippen LogP contribution in [0.2, 0.25) is 0 Å². The highest BCUT2D eigenvalue weighted by molar-refractivity contribution is 6.11. The molecule has 1 unspecified atom stereocenters. The molecule has 3 aliphatic rings. The van der Waals surface area contributed by atoms with Crippen LogP contribution in [0.25, 0.3) is 11.1 Å². The first-order valence-electron chi connectivity index (χ1n) is 11.8. The van der Waals surface area contributed by atoms with E-state index >= 15 is 0 Å². The number of likely N-dealkylation sites (tertiary alicyclic amines) is 1. The highest BCUT2D eigenvalue weighted by atomic mass is 16.3. The van der Waals surface area contributed by atoms with Crippen molar-refractivity contribution in [2.45, 2.75) is 44.2 Å². The number of rotatable bonds is 3. The molecule has 3 amide bonds. The Bertz CT molecular complexity index is 1280. The number of hydrogen-bond donors (Lipinski definition) is 0. The second-order valence-corrected chi connectivity index (χ2v) is 9.53. The predicted molar refractivity (Wildman–Crippen MR) is 125 cm³/mol. The van der Waals surface area contributed by atoms with Crippen molar-refractivity contribution < 1.29 is 18.8 Å². The summed E-state index contributed by atoms with van der Waals surface area (Å²) in [7, 11) is 0. The number of nitrogens with zero attached hydrogens (tertiary/aromatic N) is 4. The van der Waals surface area contributed by atoms with Crippen LogP contribution >= 0.6 is 0 Å². The molecule has 174 valence electrons. The van der Waals surface area contributed by atoms with Gasteiger partial charge in [-0.2, -0.15) is 0 Å². The Morgan fingerprint density at radius 3 is 2.62 bits per heavy atom. The van der Waals surface area contributed by atoms with Crippen LogP contribution in [0.1, 0.15) is 54.8 Å². The minimum Gasteiger partial charge on any atom is -0.440 e. The lowest BCUT2D eigenvalue weighted by molar-refractivity contribution is -0.134. The summed E-state index contributed by atoms with van der Waals surface area (Å²) in [6.45, 7) is 3.01. The average Bonchev–Trinajstić information content (AvgIpc) is 3.43. The molecule has 2 fully saturated rings. The van der Waals surface area contributed by atoms with Gasteiger partial charge in [0.15, 0.2) is 11.5 Å². The molecule has 3 aliphatic heterocycles. The first kappa shape index (κ1) is 20.9. The van der Waals surface area contributed by atoms with Crippen LogP contribution in [0.5, 0.6) is 0 Å². The number of anilines is 1. The Labute approximate surface area is 197 Å². The first-order chi connectivity index (χ1) is 16.5. The molecule has 1 aromatic heterocycles. The van der Waals surface area contributed by atoms with Crippen LogP contribution in [-0.4, -0.2) is 57.8 Å². The maximum Gasteiger partial charge on any atom is 0.258 e. The van der Waals surface area contributed by atoms with Crippen LogP contribution in [-0.2, 0) is 9.59 Å². The van der Waals surface area contributed by atoms with Crippen LogP contribution < -0.4 is 4.90 Å². The van der Waals surface area contributed by atoms with E-state index in [4.69, 9.17) is 4.42 Å². The molecule has 34 heavy (non-hydrogen) atoms. The fourth-order valence-corrected chi connectivity index (χ4v) is 5.62. The lowest BCUT2D eigenvalue weighted by Crippen LogP contribution is -2.64. The summed E-state index contributed by atoms with van der Waals surface area (Å²) >= 11 is 0. The van der Waals surface area contributed by atoms with E-state index in [0.717, 1.165) is 29.8 Å². The van der Waals surface area contributed by atoms with Gasteiger partial charge in [-0.15, -0.1) is 0 Å². The number of amides is 3. The molecule has 3 aromatic rings. The zero-order valence-electron chi connectivity index (χ0n) is 19.1. The molecular formula is C26H26N4O4. The number of oxazole rings is 1. The van der Waals surface area contributed by atoms with Gasteiger partial charge in [0, 0.05) is 25.4 Å². The maximum atomic E-state index is 13.4. The number of aromatic nitrogens is 1. The second-order valence-electron chi connectivity index (χ2n) is 9.53. The van der Waals surface area contributed by atoms with Gasteiger partial charge < -0.3 is 14.2 Å². The number of benzene rings is 2. The van der Waals surface area contributed by atoms with Gasteiger partial charge in [-0.3, -0.25) is 19.3 Å². The van der Waals surface area contributed by atoms with Crippen LogP contribution in [0.3, 0.4) is 0 Å². The van der Waals surface area contributed by atoms with E-state index in [1.807, 2.05) is 48.2 Å². The fraction of sp³-hybridized carbons (Fsp3) is 0.385. The van der Waals surface area contributed by atoms with Crippen molar-refractivity contribution in [2.75, 3.05) is 24.5 Å². The predicted octanol–water partition coefficient (Wildman–Crippen LogP) is 3.53. The molecule has 6 rings (SSSR count). The minimum absolute atomic E-state index is 0.0148. The molecule has 2 aromatic carbocycles. The molecule has 2 saturated heterocycles. The Kier molecular flexibility index (Phi) is 4.72. The lowest BCUT2D eigenvalue weighted by Gasteiger charge is -2.48. The summed E-state index contributed by atoms with van der Waals surface area (Å²) < 4.78 is 5.94. The Morgan fingerprint density at radius 1 is 1.09 bits per heavy atom. The van der Waals surface area contributed by atoms with Gasteiger partial charge in [0.1, 0.15) is 17.7 Å². The second kappa shape index (κ2) is 7.68. The number of hydrogen-bond acceptors (Lipinski definition) is 5. The molecule has 8 heteroatoms. The van der Waals surface area contributed by atoms with Gasteiger partial charge in [-0.25, -0.2) is 4.98 Å². The van der Waals surface area contributed by atoms with E-state index in [1.165, 1.54) is 0 Å². The molecule has 8 nitrogen and oxygen atoms in total. The minimum atomic E-state index is -0.825. The monoisotopic (exact) mass is 458 g/mol. The van der Waals surface area contributed by atoms with Crippen molar-refractivity contribution >= 4 is 34.5 Å². The van der Waals surface area contributed by atoms with E-state index < -0.39 is 5.66 Å². The topological polar surface area (TPSA) is 87.0 Å². The summed E-state index contributed by atoms with van der Waals surface area (Å²) in [6, 6.07) is 14.9. The normalized spacial score (nSPS) is 22.9. The molecule has 0 bridgehead atoms. The number of carbonyl (C=O) groups is 3. The van der Waals surface area contributed by atoms with Crippen LogP contribution in [0, 0.1) is 0 Å². The van der Waals surface area contributed by atoms with E-state index in [1.54, 1.807) is 21.9 Å². The average molecular weight is 459 g/mol. The first-order valence-corrected chi connectivity index (χ1v) is 11.8. The van der Waals surface area contributed by atoms with E-state index in [9.17, 15) is 14.4 Å². The summed E-state index contributed by atoms with van der Waals surface area (Å²) in [5.74, 6) is 0.589. The van der Waals surface area contributed by atoms with Gasteiger partial charge in [0.2, 0.25) is 11.8 Å². The molecule has 0 radical (unpaired) electrons. The lowest BCUT2D eigenvalue weighted by atomic mass is 9.96. The van der Waals surface area contributed by atoms with Gasteiger partial charge in [0.05, 0.1) is 11.3 Å². The van der Waals surface area contributed by atoms with Crippen molar-refractivity contribution in [2.24, 2.45) is 0 Å². The Hall–Kier alpha value is -3.68. The summed E-state index contributed by atoms with van der Waals surface area (Å²) in [5, 5.41) is 0. The van der Waals surface area contributed by atoms with Crippen molar-refractivity contribution in [1.29, 1.82) is 0 Å². The third-order valence-corrected chi connectivity index (χ3v) is 7.55. The van der Waals surface area contributed by atoms with Crippen molar-refractivity contribution in [3.8, 4) is 0 Å². The zero-order chi connectivity index (χ0) is 23.4. The van der Waals surface area contributed by atoms with Crippen molar-refractivity contribution in [3.63, 3.8) is 0 Å². The van der Waals surface area contributed by atoms with Gasteiger partial charge in [0.25, 0.3) is 5.91 Å². The molecule has 1 atom stereocenters. The quantitative estimate of drug-likeness (QED) is 0.599. The maximum absolute atomic E-state index is 13.4. The van der Waals surface area contributed by atoms with Gasteiger partial charge in [-0.05, 0) is 50.5 Å². The standard InChI is InChI=1S/C26H26N4O4/c1-26-13-10-22(31)30(26)20-8-4-2-6-18(20)25(33)29(26)16-23(32)28-14-11-17(12-15-28)24-27-19-7-3-5-9-21(19)34-24/h2-9,17H,10-16H2,1H3. The highest BCUT2D eigenvalue weighted by Gasteiger charge is 2.53. The largest absolute Gasteiger partial charge is 0.440 e. The highest BCUT2D eigenvalue weighted by Crippen LogP contribution is 2.44. The molecule has 4 heterocycles. The van der Waals surface area contributed by atoms with Crippen molar-refractivity contribution in [1.82, 2.24) is 14.8 Å². The molecule has 0 spiro atoms. The third-order valence-electron chi connectivity index (χ3n) is 7.55. The summed E-state index contributed by atoms with van der Waals surface area (Å²) in [6.07, 6.45) is 2.39. The SMILES string of the molecule is CC12CCC(=O)N1c1ccccc1C(=O)N2CC(=O)N1CCC(c2nc3ccccc3o2)CC1. The van der Waals surface area contributed by atoms with E-state index in [0.29, 0.717) is 37.2 Å². The Balaban J connectivity index is 1.18. The number of para-hydroxylation sites is 3. The number of piperidine rings is 1. The van der Waals surface area contributed by atoms with Gasteiger partial charge >= 0.3 is 0 Å². The van der Waals surface area contributed by atoms with Gasteiger partial charge in [-0.1, -0.05) is 24.3 Å². The Morgan fingerprint density at radius 2 is 1.82 bits per heavy atom. The number of carbonyl (C=O) groups excluding carboxylic acids is 3. The molecule has 0 aliphatic carbocycles. The van der Waals surface area contributed by atoms with Crippen LogP contribution in [0.15, 0.2) is 52.9 Å². The zero-order valence-corrected chi connectivity index (χ0v) is 19.1. The summed E-state index contributed by atoms with van der Waals surface area (Å²) in [5.41, 5.74) is 1.92. The fourth-order valence-electron chi connectivity index (χ4n) is 5.62. The van der Waals surface area contributed by atoms with E-state index in [-0.39, 0.29) is 30.2 Å². The molecule has 0 saturated carbocycles. The van der Waals surface area contributed by atoms with E-state index in [2.05, 4.69) is 4.98 Å². The molecule has 0 N–H and O–H groups in total. The third kappa shape index (κ3) is 3.12. The van der Waals surface area contributed by atoms with Crippen molar-refractivity contribution in [3.05, 3.63) is 60.0 Å². The number of fused-ring (bicyclic) bond motifs is 4. The summed E-state index contributed by atoms with van der Waals surface area (Å²) in [4.78, 5) is 49.2.